The van der Waals surface area contributed by atoms with Crippen LogP contribution < -0.4 is 4.74 Å². The van der Waals surface area contributed by atoms with E-state index in [2.05, 4.69) is 29.2 Å². The molecular formula is C19H27NO. The fraction of sp³-hybridized carbons (Fsp3) is 0.579. The Balaban J connectivity index is 1.52. The number of likely N-dealkylation sites (tertiary alicyclic amines) is 1. The van der Waals surface area contributed by atoms with Crippen LogP contribution in [0.1, 0.15) is 44.1 Å². The molecule has 1 saturated carbocycles. The summed E-state index contributed by atoms with van der Waals surface area (Å²) < 4.78 is 5.19. The molecule has 0 radical (unpaired) electrons. The molecule has 0 amide bonds. The molecule has 2 fully saturated rings. The van der Waals surface area contributed by atoms with Gasteiger partial charge in [-0.25, -0.2) is 0 Å². The number of ether oxygens (including phenoxy) is 1. The summed E-state index contributed by atoms with van der Waals surface area (Å²) in [5.74, 6) is 1.94. The molecule has 1 aromatic rings. The Morgan fingerprint density at radius 3 is 2.67 bits per heavy atom. The second-order valence-corrected chi connectivity index (χ2v) is 6.50. The van der Waals surface area contributed by atoms with Gasteiger partial charge in [-0.3, -0.25) is 4.90 Å². The van der Waals surface area contributed by atoms with E-state index in [0.717, 1.165) is 17.7 Å². The summed E-state index contributed by atoms with van der Waals surface area (Å²) in [4.78, 5) is 2.75. The van der Waals surface area contributed by atoms with Gasteiger partial charge in [-0.15, -0.1) is 0 Å². The van der Waals surface area contributed by atoms with Crippen molar-refractivity contribution in [2.75, 3.05) is 20.2 Å². The molecular weight excluding hydrogens is 258 g/mol. The van der Waals surface area contributed by atoms with Gasteiger partial charge >= 0.3 is 0 Å². The Morgan fingerprint density at radius 1 is 1.14 bits per heavy atom. The minimum atomic E-state index is 0.772. The maximum atomic E-state index is 5.19. The van der Waals surface area contributed by atoms with Gasteiger partial charge in [0.1, 0.15) is 5.75 Å². The van der Waals surface area contributed by atoms with Gasteiger partial charge in [0, 0.05) is 12.6 Å². The van der Waals surface area contributed by atoms with Crippen LogP contribution in [0.5, 0.6) is 5.75 Å². The van der Waals surface area contributed by atoms with Crippen molar-refractivity contribution in [3.8, 4) is 5.75 Å². The molecule has 2 nitrogen and oxygen atoms in total. The average molecular weight is 285 g/mol. The molecule has 21 heavy (non-hydrogen) atoms. The van der Waals surface area contributed by atoms with Gasteiger partial charge in [-0.2, -0.15) is 0 Å². The number of benzene rings is 1. The lowest BCUT2D eigenvalue weighted by molar-refractivity contribution is 0.143. The van der Waals surface area contributed by atoms with Gasteiger partial charge in [-0.1, -0.05) is 30.7 Å². The normalized spacial score (nSPS) is 23.6. The number of piperidine rings is 1. The van der Waals surface area contributed by atoms with E-state index in [-0.39, 0.29) is 0 Å². The highest BCUT2D eigenvalue weighted by Gasteiger charge is 2.28. The molecule has 1 aliphatic heterocycles. The average Bonchev–Trinajstić information content (AvgIpc) is 3.34. The lowest BCUT2D eigenvalue weighted by Crippen LogP contribution is -2.40. The second kappa shape index (κ2) is 7.13. The smallest absolute Gasteiger partial charge is 0.118 e. The lowest BCUT2D eigenvalue weighted by Gasteiger charge is -2.35. The predicted octanol–water partition coefficient (Wildman–Crippen LogP) is 4.36. The maximum Gasteiger partial charge on any atom is 0.118 e. The predicted molar refractivity (Wildman–Crippen MR) is 88.6 cm³/mol. The third-order valence-electron chi connectivity index (χ3n) is 4.77. The summed E-state index contributed by atoms with van der Waals surface area (Å²) in [5, 5.41) is 0. The fourth-order valence-electron chi connectivity index (χ4n) is 3.28. The van der Waals surface area contributed by atoms with Gasteiger partial charge in [-0.05, 0) is 62.3 Å². The van der Waals surface area contributed by atoms with Crippen LogP contribution in [0.3, 0.4) is 0 Å². The summed E-state index contributed by atoms with van der Waals surface area (Å²) in [6, 6.07) is 9.07. The zero-order valence-electron chi connectivity index (χ0n) is 13.1. The zero-order chi connectivity index (χ0) is 14.5. The molecule has 0 bridgehead atoms. The molecule has 1 atom stereocenters. The van der Waals surface area contributed by atoms with Crippen LogP contribution >= 0.6 is 0 Å². The maximum absolute atomic E-state index is 5.19. The highest BCUT2D eigenvalue weighted by atomic mass is 16.5. The van der Waals surface area contributed by atoms with E-state index in [0.29, 0.717) is 0 Å². The van der Waals surface area contributed by atoms with Crippen LogP contribution in [-0.4, -0.2) is 31.1 Å². The third kappa shape index (κ3) is 4.34. The van der Waals surface area contributed by atoms with E-state index in [9.17, 15) is 0 Å². The van der Waals surface area contributed by atoms with Crippen LogP contribution in [0.15, 0.2) is 30.3 Å². The van der Waals surface area contributed by atoms with Crippen molar-refractivity contribution in [1.29, 1.82) is 0 Å². The summed E-state index contributed by atoms with van der Waals surface area (Å²) >= 11 is 0. The molecule has 0 N–H and O–H groups in total. The van der Waals surface area contributed by atoms with Crippen LogP contribution in [0.25, 0.3) is 6.08 Å². The minimum Gasteiger partial charge on any atom is -0.497 e. The molecule has 2 heteroatoms. The Kier molecular flexibility index (Phi) is 4.97. The van der Waals surface area contributed by atoms with Crippen molar-refractivity contribution in [1.82, 2.24) is 4.90 Å². The van der Waals surface area contributed by atoms with E-state index in [1.54, 1.807) is 7.11 Å². The minimum absolute atomic E-state index is 0.772. The van der Waals surface area contributed by atoms with E-state index in [4.69, 9.17) is 4.74 Å². The molecule has 2 aliphatic rings. The van der Waals surface area contributed by atoms with Crippen LogP contribution in [0.2, 0.25) is 0 Å². The van der Waals surface area contributed by atoms with Crippen molar-refractivity contribution >= 4 is 6.08 Å². The second-order valence-electron chi connectivity index (χ2n) is 6.50. The Hall–Kier alpha value is -1.28. The van der Waals surface area contributed by atoms with Crippen molar-refractivity contribution in [3.63, 3.8) is 0 Å². The van der Waals surface area contributed by atoms with Gasteiger partial charge in [0.25, 0.3) is 0 Å². The van der Waals surface area contributed by atoms with Crippen molar-refractivity contribution < 1.29 is 4.74 Å². The first kappa shape index (κ1) is 14.6. The zero-order valence-corrected chi connectivity index (χ0v) is 13.1. The van der Waals surface area contributed by atoms with E-state index >= 15 is 0 Å². The molecule has 1 aliphatic carbocycles. The monoisotopic (exact) mass is 285 g/mol. The molecule has 1 unspecified atom stereocenters. The fourth-order valence-corrected chi connectivity index (χ4v) is 3.28. The molecule has 1 aromatic carbocycles. The Bertz CT molecular complexity index is 461. The van der Waals surface area contributed by atoms with Crippen LogP contribution in [-0.2, 0) is 0 Å². The van der Waals surface area contributed by atoms with Gasteiger partial charge in [0.05, 0.1) is 7.11 Å². The number of rotatable bonds is 6. The largest absolute Gasteiger partial charge is 0.497 e. The topological polar surface area (TPSA) is 12.5 Å². The van der Waals surface area contributed by atoms with Gasteiger partial charge in [0.2, 0.25) is 0 Å². The molecule has 1 saturated heterocycles. The lowest BCUT2D eigenvalue weighted by atomic mass is 9.98. The summed E-state index contributed by atoms with van der Waals surface area (Å²) in [6.07, 6.45) is 12.9. The molecule has 0 aromatic heterocycles. The summed E-state index contributed by atoms with van der Waals surface area (Å²) in [5.41, 5.74) is 1.26. The molecule has 3 rings (SSSR count). The highest BCUT2D eigenvalue weighted by Crippen LogP contribution is 2.32. The van der Waals surface area contributed by atoms with Crippen molar-refractivity contribution in [2.24, 2.45) is 5.92 Å². The first-order valence-electron chi connectivity index (χ1n) is 8.40. The molecule has 0 spiro atoms. The molecule has 114 valence electrons. The summed E-state index contributed by atoms with van der Waals surface area (Å²) in [7, 11) is 1.71. The highest BCUT2D eigenvalue weighted by molar-refractivity contribution is 5.50. The Labute approximate surface area is 128 Å². The van der Waals surface area contributed by atoms with Crippen molar-refractivity contribution in [3.05, 3.63) is 35.9 Å². The van der Waals surface area contributed by atoms with Crippen LogP contribution in [0.4, 0.5) is 0 Å². The van der Waals surface area contributed by atoms with E-state index < -0.39 is 0 Å². The number of hydrogen-bond acceptors (Lipinski definition) is 2. The quantitative estimate of drug-likeness (QED) is 0.770. The third-order valence-corrected chi connectivity index (χ3v) is 4.77. The van der Waals surface area contributed by atoms with E-state index in [1.807, 2.05) is 12.1 Å². The first-order chi connectivity index (χ1) is 10.3. The SMILES string of the molecule is COc1ccc(C=CCC2CCCCN2CC2CC2)cc1. The summed E-state index contributed by atoms with van der Waals surface area (Å²) in [6.45, 7) is 2.67. The van der Waals surface area contributed by atoms with E-state index in [1.165, 1.54) is 57.2 Å². The number of methoxy groups -OCH3 is 1. The molecule has 1 heterocycles. The van der Waals surface area contributed by atoms with Gasteiger partial charge < -0.3 is 4.74 Å². The van der Waals surface area contributed by atoms with Crippen LogP contribution in [0, 0.1) is 5.92 Å². The first-order valence-corrected chi connectivity index (χ1v) is 8.40. The van der Waals surface area contributed by atoms with Crippen molar-refractivity contribution in [2.45, 2.75) is 44.6 Å². The standard InChI is InChI=1S/C19H27NO/c1-21-19-12-10-16(11-13-19)5-4-7-18-6-2-3-14-20(18)15-17-8-9-17/h4-5,10-13,17-18H,2-3,6-9,14-15H2,1H3. The number of hydrogen-bond donors (Lipinski definition) is 0. The van der Waals surface area contributed by atoms with Gasteiger partial charge in [0.15, 0.2) is 0 Å². The number of nitrogens with zero attached hydrogens (tertiary/aromatic N) is 1. The Morgan fingerprint density at radius 2 is 1.95 bits per heavy atom.